The SMILES string of the molecule is COc1cc(-c2ccc(-[n+]3nc(-c4ccccc4)nn3-c3ccccc3)c(OC)c2)ccc1N1NC(c2ccccc2)=NN1c1ccccc1. The number of tetrazole rings is 1. The fourth-order valence-corrected chi connectivity index (χ4v) is 5.85. The van der Waals surface area contributed by atoms with E-state index in [4.69, 9.17) is 24.8 Å². The molecule has 0 fully saturated rings. The van der Waals surface area contributed by atoms with E-state index in [1.54, 1.807) is 23.8 Å². The van der Waals surface area contributed by atoms with Gasteiger partial charge in [-0.3, -0.25) is 5.43 Å². The van der Waals surface area contributed by atoms with Crippen molar-refractivity contribution in [1.29, 1.82) is 0 Å². The van der Waals surface area contributed by atoms with Gasteiger partial charge in [-0.2, -0.15) is 10.2 Å². The zero-order valence-electron chi connectivity index (χ0n) is 27.5. The molecule has 0 aliphatic carbocycles. The Labute approximate surface area is 289 Å². The largest absolute Gasteiger partial charge is 0.494 e. The van der Waals surface area contributed by atoms with Crippen molar-refractivity contribution in [1.82, 2.24) is 20.4 Å². The number of anilines is 2. The van der Waals surface area contributed by atoms with Crippen molar-refractivity contribution in [2.75, 3.05) is 24.5 Å². The summed E-state index contributed by atoms with van der Waals surface area (Å²) in [6, 6.07) is 52.0. The number of nitrogens with zero attached hydrogens (tertiary/aromatic N) is 7. The van der Waals surface area contributed by atoms with Gasteiger partial charge in [0.05, 0.1) is 30.6 Å². The van der Waals surface area contributed by atoms with Gasteiger partial charge in [0.2, 0.25) is 5.69 Å². The van der Waals surface area contributed by atoms with Crippen LogP contribution >= 0.6 is 0 Å². The number of hydrazone groups is 1. The number of benzene rings is 6. The van der Waals surface area contributed by atoms with Gasteiger partial charge in [-0.15, -0.1) is 5.10 Å². The molecule has 244 valence electrons. The molecule has 10 heteroatoms. The number of nitrogens with one attached hydrogen (secondary N) is 1. The smallest absolute Gasteiger partial charge is 0.340 e. The highest BCUT2D eigenvalue weighted by atomic mass is 16.5. The average Bonchev–Trinajstić information content (AvgIpc) is 3.85. The fourth-order valence-electron chi connectivity index (χ4n) is 5.85. The van der Waals surface area contributed by atoms with Gasteiger partial charge < -0.3 is 9.47 Å². The first-order chi connectivity index (χ1) is 24.7. The molecule has 1 aromatic heterocycles. The Morgan fingerprint density at radius 1 is 0.560 bits per heavy atom. The summed E-state index contributed by atoms with van der Waals surface area (Å²) in [6.07, 6.45) is 0. The number of ether oxygens (including phenoxy) is 2. The van der Waals surface area contributed by atoms with E-state index in [2.05, 4.69) is 11.5 Å². The van der Waals surface area contributed by atoms with Crippen LogP contribution in [0.3, 0.4) is 0 Å². The lowest BCUT2D eigenvalue weighted by Gasteiger charge is -2.29. The van der Waals surface area contributed by atoms with Gasteiger partial charge in [0.25, 0.3) is 0 Å². The van der Waals surface area contributed by atoms with E-state index in [0.717, 1.165) is 50.8 Å². The number of hydrazine groups is 2. The molecule has 0 bridgehead atoms. The van der Waals surface area contributed by atoms with Gasteiger partial charge in [-0.05, 0) is 87.8 Å². The van der Waals surface area contributed by atoms with E-state index in [1.807, 2.05) is 162 Å². The van der Waals surface area contributed by atoms with Crippen molar-refractivity contribution in [2.45, 2.75) is 0 Å². The van der Waals surface area contributed by atoms with Gasteiger partial charge in [0, 0.05) is 10.4 Å². The highest BCUT2D eigenvalue weighted by Gasteiger charge is 2.30. The van der Waals surface area contributed by atoms with Gasteiger partial charge >= 0.3 is 5.82 Å². The summed E-state index contributed by atoms with van der Waals surface area (Å²) >= 11 is 0. The Hall–Kier alpha value is -6.94. The zero-order valence-corrected chi connectivity index (χ0v) is 27.5. The summed E-state index contributed by atoms with van der Waals surface area (Å²) in [6.45, 7) is 0. The molecule has 0 saturated heterocycles. The first-order valence-corrected chi connectivity index (χ1v) is 16.1. The lowest BCUT2D eigenvalue weighted by Crippen LogP contribution is -2.44. The lowest BCUT2D eigenvalue weighted by molar-refractivity contribution is -0.734. The normalized spacial score (nSPS) is 12.4. The molecule has 50 heavy (non-hydrogen) atoms. The van der Waals surface area contributed by atoms with Crippen LogP contribution in [-0.4, -0.2) is 35.0 Å². The van der Waals surface area contributed by atoms with Crippen LogP contribution in [-0.2, 0) is 0 Å². The molecule has 10 nitrogen and oxygen atoms in total. The molecule has 1 aliphatic heterocycles. The third-order valence-corrected chi connectivity index (χ3v) is 8.34. The molecular formula is C40H33N8O2+. The minimum absolute atomic E-state index is 0.598. The second-order valence-electron chi connectivity index (χ2n) is 11.4. The average molecular weight is 658 g/mol. The first-order valence-electron chi connectivity index (χ1n) is 16.1. The van der Waals surface area contributed by atoms with Gasteiger partial charge in [0.15, 0.2) is 11.6 Å². The predicted molar refractivity (Wildman–Crippen MR) is 194 cm³/mol. The van der Waals surface area contributed by atoms with E-state index in [0.29, 0.717) is 17.3 Å². The van der Waals surface area contributed by atoms with Crippen LogP contribution in [0, 0.1) is 0 Å². The number of methoxy groups -OCH3 is 2. The molecule has 1 aliphatic rings. The maximum absolute atomic E-state index is 5.99. The third-order valence-electron chi connectivity index (χ3n) is 8.34. The van der Waals surface area contributed by atoms with Gasteiger partial charge in [-0.1, -0.05) is 91.0 Å². The van der Waals surface area contributed by atoms with Crippen molar-refractivity contribution in [3.05, 3.63) is 163 Å². The topological polar surface area (TPSA) is 83.9 Å². The lowest BCUT2D eigenvalue weighted by atomic mass is 10.0. The molecule has 1 N–H and O–H groups in total. The highest BCUT2D eigenvalue weighted by Crippen LogP contribution is 2.37. The van der Waals surface area contributed by atoms with E-state index >= 15 is 0 Å². The minimum Gasteiger partial charge on any atom is -0.494 e. The number of aromatic nitrogens is 4. The van der Waals surface area contributed by atoms with Gasteiger partial charge in [0.1, 0.15) is 17.1 Å². The molecule has 7 aromatic rings. The van der Waals surface area contributed by atoms with E-state index in [-0.39, 0.29) is 0 Å². The third kappa shape index (κ3) is 5.75. The molecule has 8 rings (SSSR count). The summed E-state index contributed by atoms with van der Waals surface area (Å²) in [5.74, 6) is 2.61. The number of hydrogen-bond acceptors (Lipinski definition) is 8. The highest BCUT2D eigenvalue weighted by molar-refractivity contribution is 6.02. The van der Waals surface area contributed by atoms with Crippen molar-refractivity contribution in [3.8, 4) is 45.4 Å². The Balaban J connectivity index is 1.16. The second kappa shape index (κ2) is 13.3. The molecular weight excluding hydrogens is 624 g/mol. The summed E-state index contributed by atoms with van der Waals surface area (Å²) < 4.78 is 12.0. The first kappa shape index (κ1) is 30.4. The van der Waals surface area contributed by atoms with E-state index in [1.165, 1.54) is 0 Å². The second-order valence-corrected chi connectivity index (χ2v) is 11.4. The summed E-state index contributed by atoms with van der Waals surface area (Å²) in [5.41, 5.74) is 10.5. The molecule has 2 heterocycles. The van der Waals surface area contributed by atoms with Crippen molar-refractivity contribution in [2.24, 2.45) is 5.10 Å². The molecule has 0 saturated carbocycles. The monoisotopic (exact) mass is 657 g/mol. The summed E-state index contributed by atoms with van der Waals surface area (Å²) in [4.78, 5) is 3.55. The van der Waals surface area contributed by atoms with E-state index in [9.17, 15) is 0 Å². The van der Waals surface area contributed by atoms with Crippen LogP contribution in [0.2, 0.25) is 0 Å². The fraction of sp³-hybridized carbons (Fsp3) is 0.0500. The van der Waals surface area contributed by atoms with Crippen molar-refractivity contribution >= 4 is 17.2 Å². The quantitative estimate of drug-likeness (QED) is 0.167. The Morgan fingerprint density at radius 2 is 1.12 bits per heavy atom. The Bertz CT molecular complexity index is 2280. The minimum atomic E-state index is 0.598. The maximum atomic E-state index is 5.99. The Kier molecular flexibility index (Phi) is 8.08. The van der Waals surface area contributed by atoms with Crippen LogP contribution < -0.4 is 29.9 Å². The Morgan fingerprint density at radius 3 is 1.76 bits per heavy atom. The number of para-hydroxylation sites is 2. The summed E-state index contributed by atoms with van der Waals surface area (Å²) in [7, 11) is 3.33. The van der Waals surface area contributed by atoms with Crippen LogP contribution in [0.25, 0.3) is 33.9 Å². The van der Waals surface area contributed by atoms with Crippen molar-refractivity contribution < 1.29 is 14.3 Å². The number of amidine groups is 1. The van der Waals surface area contributed by atoms with Crippen LogP contribution in [0.15, 0.2) is 163 Å². The molecule has 6 aromatic carbocycles. The summed E-state index contributed by atoms with van der Waals surface area (Å²) in [5, 5.41) is 18.5. The molecule has 0 amide bonds. The predicted octanol–water partition coefficient (Wildman–Crippen LogP) is 7.00. The molecule has 0 atom stereocenters. The van der Waals surface area contributed by atoms with Crippen LogP contribution in [0.1, 0.15) is 5.56 Å². The van der Waals surface area contributed by atoms with Crippen LogP contribution in [0.4, 0.5) is 11.4 Å². The molecule has 0 spiro atoms. The van der Waals surface area contributed by atoms with E-state index < -0.39 is 0 Å². The number of hydrogen-bond donors (Lipinski definition) is 1. The maximum Gasteiger partial charge on any atom is 0.340 e. The molecule has 0 radical (unpaired) electrons. The standard InChI is InChI=1S/C40H33N8O2/c1-49-37-27-31(23-25-35(37)47-43-39(29-15-7-3-8-16-29)41-45(47)33-19-11-5-12-20-33)32-24-26-36(38(28-32)50-2)48-44-40(30-17-9-4-10-18-30)42-46(48)34-21-13-6-14-22-34/h3-28H,1-2H3,(H,41,43)/q+1. The molecule has 0 unspecified atom stereocenters. The van der Waals surface area contributed by atoms with Crippen molar-refractivity contribution in [3.63, 3.8) is 0 Å². The zero-order chi connectivity index (χ0) is 33.9. The number of rotatable bonds is 9. The van der Waals surface area contributed by atoms with Crippen LogP contribution in [0.5, 0.6) is 11.5 Å². The van der Waals surface area contributed by atoms with Gasteiger partial charge in [-0.25, -0.2) is 0 Å².